The minimum atomic E-state index is -1.23. The van der Waals surface area contributed by atoms with Crippen molar-refractivity contribution in [3.8, 4) is 5.75 Å². The maximum atomic E-state index is 14.6. The summed E-state index contributed by atoms with van der Waals surface area (Å²) >= 11 is 6.09. The third kappa shape index (κ3) is 3.77. The molecule has 0 aromatic heterocycles. The van der Waals surface area contributed by atoms with Crippen LogP contribution in [0.15, 0.2) is 103 Å². The van der Waals surface area contributed by atoms with Crippen LogP contribution in [-0.2, 0) is 19.2 Å². The number of rotatable bonds is 3. The van der Waals surface area contributed by atoms with Gasteiger partial charge in [0, 0.05) is 21.9 Å². The number of phenolic OH excluding ortho intramolecular Hbond substituents is 1. The highest BCUT2D eigenvalue weighted by Crippen LogP contribution is 2.64. The molecule has 4 aliphatic rings. The summed E-state index contributed by atoms with van der Waals surface area (Å²) in [6.45, 7) is 1.82. The van der Waals surface area contributed by atoms with Crippen LogP contribution in [-0.4, -0.2) is 28.7 Å². The lowest BCUT2D eigenvalue weighted by Gasteiger charge is -2.49. The van der Waals surface area contributed by atoms with E-state index in [1.54, 1.807) is 48.5 Å². The molecule has 2 aliphatic heterocycles. The second-order valence-electron chi connectivity index (χ2n) is 12.7. The van der Waals surface area contributed by atoms with Crippen molar-refractivity contribution in [2.75, 3.05) is 9.80 Å². The van der Waals surface area contributed by atoms with E-state index >= 15 is 0 Å². The van der Waals surface area contributed by atoms with E-state index in [-0.39, 0.29) is 35.8 Å². The predicted molar refractivity (Wildman–Crippen MR) is 171 cm³/mol. The molecular weight excluding hydrogens is 588 g/mol. The number of amides is 4. The monoisotopic (exact) mass is 616 g/mol. The Bertz CT molecular complexity index is 1970. The molecule has 0 bridgehead atoms. The number of anilines is 2. The number of phenols is 1. The lowest BCUT2D eigenvalue weighted by Crippen LogP contribution is -2.48. The van der Waals surface area contributed by atoms with Crippen LogP contribution < -0.4 is 9.80 Å². The van der Waals surface area contributed by atoms with Crippen molar-refractivity contribution in [3.05, 3.63) is 113 Å². The number of allylic oxidation sites excluding steroid dienone is 2. The number of hydrogen-bond donors (Lipinski definition) is 1. The van der Waals surface area contributed by atoms with E-state index in [4.69, 9.17) is 11.6 Å². The zero-order valence-corrected chi connectivity index (χ0v) is 25.1. The van der Waals surface area contributed by atoms with E-state index in [2.05, 4.69) is 0 Å². The van der Waals surface area contributed by atoms with Crippen LogP contribution in [0.2, 0.25) is 5.02 Å². The van der Waals surface area contributed by atoms with Gasteiger partial charge in [-0.2, -0.15) is 0 Å². The van der Waals surface area contributed by atoms with E-state index < -0.39 is 35.0 Å². The number of benzene rings is 4. The molecule has 2 saturated heterocycles. The Kier molecular flexibility index (Phi) is 6.10. The summed E-state index contributed by atoms with van der Waals surface area (Å²) in [6.07, 6.45) is 2.56. The first kappa shape index (κ1) is 27.8. The van der Waals surface area contributed by atoms with Gasteiger partial charge in [-0.3, -0.25) is 24.1 Å². The predicted octanol–water partition coefficient (Wildman–Crippen LogP) is 6.63. The lowest BCUT2D eigenvalue weighted by atomic mass is 9.51. The Hall–Kier alpha value is -4.75. The fraction of sp³-hybridized carbons (Fsp3) is 0.243. The molecule has 4 aromatic carbocycles. The molecule has 1 saturated carbocycles. The van der Waals surface area contributed by atoms with Gasteiger partial charge in [0.25, 0.3) is 0 Å². The summed E-state index contributed by atoms with van der Waals surface area (Å²) in [4.78, 5) is 59.4. The number of imide groups is 2. The fourth-order valence-electron chi connectivity index (χ4n) is 8.53. The molecule has 2 heterocycles. The first-order valence-corrected chi connectivity index (χ1v) is 15.6. The highest BCUT2D eigenvalue weighted by molar-refractivity contribution is 6.31. The smallest absolute Gasteiger partial charge is 0.241 e. The lowest BCUT2D eigenvalue weighted by molar-refractivity contribution is -0.131. The summed E-state index contributed by atoms with van der Waals surface area (Å²) in [7, 11) is 0. The molecule has 4 aromatic rings. The average molecular weight is 617 g/mol. The van der Waals surface area contributed by atoms with Gasteiger partial charge in [-0.15, -0.1) is 0 Å². The SMILES string of the molecule is C[C@@]12C(=O)N(c3ccccc3)C(=O)[C@@H]1C[C@@H]1C(=CC[C@@H]3C(=O)N(c4ccc(Cl)cc4)C(=O)[C@@H]31)[C@@H]2c1ccc2ccccc2c1O. The topological polar surface area (TPSA) is 95.0 Å². The number of carbonyl (C=O) groups excluding carboxylic acids is 4. The van der Waals surface area contributed by atoms with Crippen LogP contribution in [0.4, 0.5) is 11.4 Å². The number of para-hydroxylation sites is 1. The summed E-state index contributed by atoms with van der Waals surface area (Å²) in [5.41, 5.74) is 1.08. The molecular formula is C37H29ClN2O5. The molecule has 2 aliphatic carbocycles. The van der Waals surface area contributed by atoms with E-state index in [9.17, 15) is 24.3 Å². The molecule has 0 radical (unpaired) electrons. The van der Waals surface area contributed by atoms with Crippen LogP contribution in [0.3, 0.4) is 0 Å². The second kappa shape index (κ2) is 9.88. The van der Waals surface area contributed by atoms with Crippen LogP contribution in [0.1, 0.15) is 31.2 Å². The Labute approximate surface area is 264 Å². The molecule has 0 unspecified atom stereocenters. The summed E-state index contributed by atoms with van der Waals surface area (Å²) < 4.78 is 0. The number of fused-ring (bicyclic) bond motifs is 5. The molecule has 1 N–H and O–H groups in total. The second-order valence-corrected chi connectivity index (χ2v) is 13.1. The van der Waals surface area contributed by atoms with Crippen molar-refractivity contribution in [3.63, 3.8) is 0 Å². The van der Waals surface area contributed by atoms with Crippen LogP contribution >= 0.6 is 11.6 Å². The van der Waals surface area contributed by atoms with Crippen molar-refractivity contribution in [2.24, 2.45) is 29.1 Å². The number of aromatic hydroxyl groups is 1. The van der Waals surface area contributed by atoms with Crippen molar-refractivity contribution < 1.29 is 24.3 Å². The average Bonchev–Trinajstić information content (AvgIpc) is 3.42. The molecule has 7 nitrogen and oxygen atoms in total. The van der Waals surface area contributed by atoms with Crippen molar-refractivity contribution >= 4 is 57.4 Å². The highest BCUT2D eigenvalue weighted by Gasteiger charge is 2.68. The first-order valence-electron chi connectivity index (χ1n) is 15.2. The Morgan fingerprint density at radius 1 is 0.756 bits per heavy atom. The minimum absolute atomic E-state index is 0.0526. The molecule has 3 fully saturated rings. The molecule has 6 atom stereocenters. The Morgan fingerprint density at radius 3 is 2.20 bits per heavy atom. The molecule has 8 rings (SSSR count). The van der Waals surface area contributed by atoms with Crippen molar-refractivity contribution in [1.82, 2.24) is 0 Å². The quantitative estimate of drug-likeness (QED) is 0.206. The normalized spacial score (nSPS) is 29.1. The standard InChI is InChI=1S/C37H29ClN2O5/c1-37-29(34(43)40(36(37)45)22-8-3-2-4-9-22)19-28-25(31(37)27-16-11-20-7-5-6-10-24(20)32(27)41)17-18-26-30(28)35(44)39(33(26)42)23-14-12-21(38)13-15-23/h2-17,26,28-31,41H,18-19H2,1H3/t26-,28+,29-,30-,31+,37+/m0/s1. The van der Waals surface area contributed by atoms with Gasteiger partial charge in [-0.05, 0) is 67.5 Å². The van der Waals surface area contributed by atoms with Gasteiger partial charge in [0.15, 0.2) is 0 Å². The van der Waals surface area contributed by atoms with Gasteiger partial charge < -0.3 is 5.11 Å². The maximum Gasteiger partial charge on any atom is 0.241 e. The van der Waals surface area contributed by atoms with E-state index in [0.717, 1.165) is 11.0 Å². The van der Waals surface area contributed by atoms with E-state index in [0.29, 0.717) is 33.8 Å². The number of carbonyl (C=O) groups is 4. The van der Waals surface area contributed by atoms with E-state index in [1.165, 1.54) is 9.80 Å². The largest absolute Gasteiger partial charge is 0.507 e. The Balaban J connectivity index is 1.30. The number of hydrogen-bond acceptors (Lipinski definition) is 5. The third-order valence-corrected chi connectivity index (χ3v) is 10.9. The molecule has 8 heteroatoms. The maximum absolute atomic E-state index is 14.6. The molecule has 0 spiro atoms. The highest BCUT2D eigenvalue weighted by atomic mass is 35.5. The first-order chi connectivity index (χ1) is 21.7. The summed E-state index contributed by atoms with van der Waals surface area (Å²) in [5.74, 6) is -4.42. The van der Waals surface area contributed by atoms with Gasteiger partial charge >= 0.3 is 0 Å². The molecule has 224 valence electrons. The number of halogens is 1. The van der Waals surface area contributed by atoms with E-state index in [1.807, 2.05) is 55.5 Å². The zero-order valence-electron chi connectivity index (χ0n) is 24.4. The van der Waals surface area contributed by atoms with Crippen LogP contribution in [0.25, 0.3) is 10.8 Å². The van der Waals surface area contributed by atoms with Gasteiger partial charge in [-0.25, -0.2) is 4.90 Å². The van der Waals surface area contributed by atoms with Gasteiger partial charge in [0.2, 0.25) is 23.6 Å². The van der Waals surface area contributed by atoms with Crippen LogP contribution in [0.5, 0.6) is 5.75 Å². The summed E-state index contributed by atoms with van der Waals surface area (Å²) in [5, 5.41) is 13.8. The zero-order chi connectivity index (χ0) is 31.2. The van der Waals surface area contributed by atoms with Crippen molar-refractivity contribution in [2.45, 2.75) is 25.7 Å². The third-order valence-electron chi connectivity index (χ3n) is 10.6. The minimum Gasteiger partial charge on any atom is -0.507 e. The van der Waals surface area contributed by atoms with Gasteiger partial charge in [0.1, 0.15) is 5.75 Å². The molecule has 4 amide bonds. The number of nitrogens with zero attached hydrogens (tertiary/aromatic N) is 2. The fourth-order valence-corrected chi connectivity index (χ4v) is 8.66. The van der Waals surface area contributed by atoms with Crippen molar-refractivity contribution in [1.29, 1.82) is 0 Å². The van der Waals surface area contributed by atoms with Gasteiger partial charge in [-0.1, -0.05) is 77.8 Å². The van der Waals surface area contributed by atoms with Gasteiger partial charge in [0.05, 0.1) is 34.5 Å². The molecule has 45 heavy (non-hydrogen) atoms. The van der Waals surface area contributed by atoms with Crippen LogP contribution in [0, 0.1) is 29.1 Å². The summed E-state index contributed by atoms with van der Waals surface area (Å²) in [6, 6.07) is 26.7. The Morgan fingerprint density at radius 2 is 1.44 bits per heavy atom.